The fourth-order valence-corrected chi connectivity index (χ4v) is 5.01. The summed E-state index contributed by atoms with van der Waals surface area (Å²) in [6.45, 7) is 7.71. The quantitative estimate of drug-likeness (QED) is 0.474. The zero-order valence-electron chi connectivity index (χ0n) is 17.1. The third-order valence-electron chi connectivity index (χ3n) is 6.79. The van der Waals surface area contributed by atoms with E-state index >= 15 is 0 Å². The van der Waals surface area contributed by atoms with Gasteiger partial charge in [-0.15, -0.1) is 0 Å². The van der Waals surface area contributed by atoms with Gasteiger partial charge >= 0.3 is 0 Å². The molecular formula is C19H31FN8O2. The van der Waals surface area contributed by atoms with Gasteiger partial charge in [-0.2, -0.15) is 5.10 Å². The number of alkyl halides is 1. The molecule has 0 aromatic carbocycles. The lowest BCUT2D eigenvalue weighted by molar-refractivity contribution is -0.0813. The van der Waals surface area contributed by atoms with Crippen molar-refractivity contribution in [3.8, 4) is 0 Å². The molecule has 3 saturated heterocycles. The molecule has 1 aromatic rings. The topological polar surface area (TPSA) is 113 Å². The zero-order chi connectivity index (χ0) is 20.7. The summed E-state index contributed by atoms with van der Waals surface area (Å²) in [5, 5.41) is 13.7. The maximum atomic E-state index is 13.6. The molecule has 0 spiro atoms. The van der Waals surface area contributed by atoms with E-state index in [-0.39, 0.29) is 36.9 Å². The summed E-state index contributed by atoms with van der Waals surface area (Å²) in [4.78, 5) is 18.1. The number of piperidine rings is 1. The molecule has 0 radical (unpaired) electrons. The monoisotopic (exact) mass is 422 g/mol. The summed E-state index contributed by atoms with van der Waals surface area (Å²) in [5.41, 5.74) is 6.34. The highest BCUT2D eigenvalue weighted by molar-refractivity contribution is 6.03. The highest BCUT2D eigenvalue weighted by Gasteiger charge is 2.37. The molecule has 3 atom stereocenters. The van der Waals surface area contributed by atoms with E-state index in [9.17, 15) is 9.18 Å². The van der Waals surface area contributed by atoms with Gasteiger partial charge in [-0.25, -0.2) is 9.07 Å². The number of aromatic nitrogens is 2. The summed E-state index contributed by atoms with van der Waals surface area (Å²) in [7, 11) is 0. The van der Waals surface area contributed by atoms with Crippen LogP contribution in [0.5, 0.6) is 0 Å². The minimum absolute atomic E-state index is 0.0164. The molecule has 4 aliphatic rings. The molecule has 1 aromatic heterocycles. The van der Waals surface area contributed by atoms with Crippen molar-refractivity contribution in [3.63, 3.8) is 0 Å². The number of nitrogens with one attached hydrogen (secondary N) is 3. The van der Waals surface area contributed by atoms with Gasteiger partial charge in [0.25, 0.3) is 5.91 Å². The summed E-state index contributed by atoms with van der Waals surface area (Å²) >= 11 is 0. The fraction of sp³-hybridized carbons (Fsp3) is 0.789. The van der Waals surface area contributed by atoms with Crippen LogP contribution in [0.1, 0.15) is 16.8 Å². The first-order chi connectivity index (χ1) is 14.6. The third-order valence-corrected chi connectivity index (χ3v) is 6.79. The minimum Gasteiger partial charge on any atom is -0.381 e. The van der Waals surface area contributed by atoms with Crippen LogP contribution in [-0.2, 0) is 11.3 Å². The first-order valence-electron chi connectivity index (χ1n) is 10.9. The molecular weight excluding hydrogens is 391 g/mol. The maximum absolute atomic E-state index is 13.6. The fourth-order valence-electron chi connectivity index (χ4n) is 5.01. The second-order valence-electron chi connectivity index (χ2n) is 8.67. The maximum Gasteiger partial charge on any atom is 0.259 e. The van der Waals surface area contributed by atoms with E-state index in [1.54, 1.807) is 0 Å². The first kappa shape index (κ1) is 20.0. The van der Waals surface area contributed by atoms with Crippen LogP contribution < -0.4 is 21.7 Å². The van der Waals surface area contributed by atoms with Gasteiger partial charge in [0.2, 0.25) is 0 Å². The van der Waals surface area contributed by atoms with Gasteiger partial charge in [0, 0.05) is 45.3 Å². The van der Waals surface area contributed by atoms with Gasteiger partial charge in [-0.1, -0.05) is 0 Å². The number of hydrogen-bond acceptors (Lipinski definition) is 8. The van der Waals surface area contributed by atoms with E-state index in [1.165, 1.54) is 4.68 Å². The van der Waals surface area contributed by atoms with Gasteiger partial charge in [0.15, 0.2) is 5.82 Å². The molecule has 11 heteroatoms. The van der Waals surface area contributed by atoms with Crippen molar-refractivity contribution in [3.05, 3.63) is 5.56 Å². The second kappa shape index (κ2) is 8.29. The predicted octanol–water partition coefficient (Wildman–Crippen LogP) is -1.29. The van der Waals surface area contributed by atoms with Crippen LogP contribution in [0.2, 0.25) is 0 Å². The van der Waals surface area contributed by atoms with Crippen molar-refractivity contribution in [2.24, 2.45) is 0 Å². The van der Waals surface area contributed by atoms with Gasteiger partial charge < -0.3 is 26.4 Å². The van der Waals surface area contributed by atoms with E-state index in [1.807, 2.05) is 0 Å². The molecule has 0 bridgehead atoms. The Balaban J connectivity index is 1.25. The van der Waals surface area contributed by atoms with Crippen LogP contribution in [0.4, 0.5) is 16.0 Å². The van der Waals surface area contributed by atoms with E-state index in [4.69, 9.17) is 10.5 Å². The molecule has 10 nitrogen and oxygen atoms in total. The number of amides is 1. The molecule has 166 valence electrons. The molecule has 4 aliphatic heterocycles. The van der Waals surface area contributed by atoms with E-state index < -0.39 is 6.17 Å². The summed E-state index contributed by atoms with van der Waals surface area (Å²) in [5.74, 6) is 0.402. The van der Waals surface area contributed by atoms with E-state index in [0.717, 1.165) is 58.9 Å². The number of anilines is 2. The second-order valence-corrected chi connectivity index (χ2v) is 8.67. The van der Waals surface area contributed by atoms with Gasteiger partial charge in [0.05, 0.1) is 31.8 Å². The summed E-state index contributed by atoms with van der Waals surface area (Å²) in [6.07, 6.45) is -0.0502. The Morgan fingerprint density at radius 2 is 1.97 bits per heavy atom. The molecule has 5 heterocycles. The Labute approximate surface area is 175 Å². The number of piperazine rings is 1. The Morgan fingerprint density at radius 1 is 1.20 bits per heavy atom. The zero-order valence-corrected chi connectivity index (χ0v) is 17.1. The van der Waals surface area contributed by atoms with Crippen molar-refractivity contribution in [2.45, 2.75) is 37.3 Å². The van der Waals surface area contributed by atoms with Gasteiger partial charge in [-0.05, 0) is 13.0 Å². The Bertz CT molecular complexity index is 777. The SMILES string of the molecule is Nc1nn2c(c1C(=O)NC1CNCCC1N1CCN(C3COC3)CC1)NCC(F)C2. The largest absolute Gasteiger partial charge is 0.381 e. The van der Waals surface area contributed by atoms with E-state index in [2.05, 4.69) is 30.8 Å². The number of carbonyl (C=O) groups excluding carboxylic acids is 1. The first-order valence-corrected chi connectivity index (χ1v) is 10.9. The Kier molecular flexibility index (Phi) is 5.52. The van der Waals surface area contributed by atoms with Crippen LogP contribution in [0.3, 0.4) is 0 Å². The molecule has 1 amide bonds. The normalized spacial score (nSPS) is 30.9. The van der Waals surface area contributed by atoms with Gasteiger partial charge in [-0.3, -0.25) is 14.6 Å². The van der Waals surface area contributed by atoms with E-state index in [0.29, 0.717) is 17.4 Å². The highest BCUT2D eigenvalue weighted by atomic mass is 19.1. The van der Waals surface area contributed by atoms with Crippen molar-refractivity contribution in [2.75, 3.05) is 70.1 Å². The predicted molar refractivity (Wildman–Crippen MR) is 110 cm³/mol. The van der Waals surface area contributed by atoms with Crippen molar-refractivity contribution < 1.29 is 13.9 Å². The lowest BCUT2D eigenvalue weighted by atomic mass is 9.97. The number of nitrogen functional groups attached to an aromatic ring is 1. The molecule has 30 heavy (non-hydrogen) atoms. The Hall–Kier alpha value is -1.95. The molecule has 0 saturated carbocycles. The van der Waals surface area contributed by atoms with Crippen LogP contribution in [0, 0.1) is 0 Å². The highest BCUT2D eigenvalue weighted by Crippen LogP contribution is 2.26. The van der Waals surface area contributed by atoms with Crippen molar-refractivity contribution in [1.29, 1.82) is 0 Å². The minimum atomic E-state index is -1.04. The van der Waals surface area contributed by atoms with Crippen molar-refractivity contribution in [1.82, 2.24) is 30.2 Å². The lowest BCUT2D eigenvalue weighted by Crippen LogP contribution is -2.64. The van der Waals surface area contributed by atoms with Crippen LogP contribution >= 0.6 is 0 Å². The molecule has 3 unspecified atom stereocenters. The standard InChI is InChI=1S/C19H31FN8O2/c20-12-7-23-18-16(17(21)25-28(18)9-12)19(29)24-14-8-22-2-1-15(14)27-5-3-26(4-6-27)13-10-30-11-13/h12-15,22-23H,1-11H2,(H2,21,25)(H,24,29). The number of fused-ring (bicyclic) bond motifs is 1. The molecule has 5 rings (SSSR count). The number of hydrogen-bond donors (Lipinski definition) is 4. The number of rotatable bonds is 4. The number of nitrogens with two attached hydrogens (primary N) is 1. The van der Waals surface area contributed by atoms with Crippen molar-refractivity contribution >= 4 is 17.5 Å². The number of halogens is 1. The van der Waals surface area contributed by atoms with Crippen LogP contribution in [0.25, 0.3) is 0 Å². The van der Waals surface area contributed by atoms with Crippen LogP contribution in [-0.4, -0.2) is 109 Å². The summed E-state index contributed by atoms with van der Waals surface area (Å²) < 4.78 is 20.4. The average Bonchev–Trinajstić information content (AvgIpc) is 3.02. The molecule has 5 N–H and O–H groups in total. The molecule has 0 aliphatic carbocycles. The van der Waals surface area contributed by atoms with Gasteiger partial charge in [0.1, 0.15) is 17.6 Å². The number of ether oxygens (including phenoxy) is 1. The summed E-state index contributed by atoms with van der Waals surface area (Å²) in [6, 6.07) is 0.840. The third kappa shape index (κ3) is 3.75. The lowest BCUT2D eigenvalue weighted by Gasteiger charge is -2.47. The number of carbonyl (C=O) groups is 1. The number of nitrogens with zero attached hydrogens (tertiary/aromatic N) is 4. The molecule has 3 fully saturated rings. The Morgan fingerprint density at radius 3 is 2.70 bits per heavy atom. The van der Waals surface area contributed by atoms with Crippen LogP contribution in [0.15, 0.2) is 0 Å². The average molecular weight is 423 g/mol. The smallest absolute Gasteiger partial charge is 0.259 e.